The zero-order chi connectivity index (χ0) is 15.5. The highest BCUT2D eigenvalue weighted by Gasteiger charge is 2.11. The van der Waals surface area contributed by atoms with Gasteiger partial charge in [-0.1, -0.05) is 30.3 Å². The summed E-state index contributed by atoms with van der Waals surface area (Å²) in [5.74, 6) is 0.935. The van der Waals surface area contributed by atoms with Crippen LogP contribution in [0.1, 0.15) is 23.2 Å². The highest BCUT2D eigenvalue weighted by atomic mass is 16.5. The Morgan fingerprint density at radius 1 is 1.05 bits per heavy atom. The number of fused-ring (bicyclic) bond motifs is 1. The third-order valence-corrected chi connectivity index (χ3v) is 4.30. The zero-order valence-corrected chi connectivity index (χ0v) is 13.5. The molecule has 0 aliphatic carbocycles. The van der Waals surface area contributed by atoms with Crippen LogP contribution in [0.25, 0.3) is 10.9 Å². The molecule has 113 valence electrons. The molecule has 0 saturated carbocycles. The minimum atomic E-state index is 0.935. The summed E-state index contributed by atoms with van der Waals surface area (Å²) in [5.41, 5.74) is 5.02. The largest absolute Gasteiger partial charge is 0.496 e. The molecule has 3 aromatic rings. The number of aromatic nitrogens is 1. The molecule has 22 heavy (non-hydrogen) atoms. The SMILES string of the molecule is COc1ccc2c([c]c(C)n2CCCc2ccccc2)c1C. The molecule has 1 radical (unpaired) electrons. The number of ether oxygens (including phenoxy) is 1. The fourth-order valence-electron chi connectivity index (χ4n) is 3.09. The van der Waals surface area contributed by atoms with Crippen LogP contribution < -0.4 is 4.74 Å². The Morgan fingerprint density at radius 2 is 1.82 bits per heavy atom. The van der Waals surface area contributed by atoms with E-state index in [1.807, 2.05) is 0 Å². The number of nitrogens with zero attached hydrogens (tertiary/aromatic N) is 1. The van der Waals surface area contributed by atoms with Gasteiger partial charge in [0, 0.05) is 34.8 Å². The van der Waals surface area contributed by atoms with Crippen molar-refractivity contribution in [2.24, 2.45) is 0 Å². The van der Waals surface area contributed by atoms with Crippen LogP contribution in [0.15, 0.2) is 42.5 Å². The van der Waals surface area contributed by atoms with Crippen molar-refractivity contribution in [3.63, 3.8) is 0 Å². The summed E-state index contributed by atoms with van der Waals surface area (Å²) in [6.07, 6.45) is 2.24. The van der Waals surface area contributed by atoms with Crippen LogP contribution >= 0.6 is 0 Å². The second-order valence-corrected chi connectivity index (χ2v) is 5.74. The van der Waals surface area contributed by atoms with Crippen molar-refractivity contribution in [3.8, 4) is 5.75 Å². The lowest BCUT2D eigenvalue weighted by Gasteiger charge is -2.10. The van der Waals surface area contributed by atoms with Gasteiger partial charge < -0.3 is 9.30 Å². The normalized spacial score (nSPS) is 11.0. The van der Waals surface area contributed by atoms with Gasteiger partial charge in [-0.25, -0.2) is 0 Å². The van der Waals surface area contributed by atoms with E-state index in [1.54, 1.807) is 7.11 Å². The molecule has 0 amide bonds. The number of methoxy groups -OCH3 is 1. The van der Waals surface area contributed by atoms with Crippen LogP contribution in [-0.2, 0) is 13.0 Å². The molecule has 2 aromatic carbocycles. The standard InChI is InChI=1S/C20H22NO/c1-15-14-18-16(2)20(22-3)12-11-19(18)21(15)13-7-10-17-8-5-4-6-9-17/h4-6,8-9,11-12H,7,10,13H2,1-3H3. The Bertz CT molecular complexity index is 771. The van der Waals surface area contributed by atoms with Crippen molar-refractivity contribution in [2.75, 3.05) is 7.11 Å². The third kappa shape index (κ3) is 2.74. The van der Waals surface area contributed by atoms with Gasteiger partial charge in [0.05, 0.1) is 7.11 Å². The first-order valence-electron chi connectivity index (χ1n) is 7.80. The molecular weight excluding hydrogens is 270 g/mol. The first-order valence-corrected chi connectivity index (χ1v) is 7.80. The van der Waals surface area contributed by atoms with Crippen LogP contribution in [0.4, 0.5) is 0 Å². The number of aryl methyl sites for hydroxylation is 4. The number of benzene rings is 2. The van der Waals surface area contributed by atoms with Crippen molar-refractivity contribution in [2.45, 2.75) is 33.2 Å². The van der Waals surface area contributed by atoms with Crippen LogP contribution in [0.3, 0.4) is 0 Å². The van der Waals surface area contributed by atoms with Crippen molar-refractivity contribution in [3.05, 3.63) is 65.4 Å². The van der Waals surface area contributed by atoms with Crippen LogP contribution in [0, 0.1) is 19.9 Å². The Balaban J connectivity index is 1.82. The number of hydrogen-bond acceptors (Lipinski definition) is 1. The molecule has 0 spiro atoms. The summed E-state index contributed by atoms with van der Waals surface area (Å²) in [6, 6.07) is 18.4. The van der Waals surface area contributed by atoms with Crippen LogP contribution in [0.2, 0.25) is 0 Å². The molecular formula is C20H22NO. The fourth-order valence-corrected chi connectivity index (χ4v) is 3.09. The van der Waals surface area contributed by atoms with Gasteiger partial charge in [-0.05, 0) is 44.4 Å². The van der Waals surface area contributed by atoms with Gasteiger partial charge in [0.25, 0.3) is 0 Å². The first kappa shape index (κ1) is 14.7. The molecule has 0 bridgehead atoms. The predicted octanol–water partition coefficient (Wildman–Crippen LogP) is 4.70. The second kappa shape index (κ2) is 6.27. The lowest BCUT2D eigenvalue weighted by Crippen LogP contribution is -2.01. The van der Waals surface area contributed by atoms with Crippen molar-refractivity contribution < 1.29 is 4.74 Å². The summed E-state index contributed by atoms with van der Waals surface area (Å²) in [5, 5.41) is 1.18. The lowest BCUT2D eigenvalue weighted by molar-refractivity contribution is 0.412. The Hall–Kier alpha value is -2.22. The maximum Gasteiger partial charge on any atom is 0.122 e. The van der Waals surface area contributed by atoms with E-state index >= 15 is 0 Å². The predicted molar refractivity (Wildman–Crippen MR) is 91.6 cm³/mol. The van der Waals surface area contributed by atoms with E-state index in [2.05, 4.69) is 66.9 Å². The van der Waals surface area contributed by atoms with Crippen LogP contribution in [-0.4, -0.2) is 11.7 Å². The van der Waals surface area contributed by atoms with Gasteiger partial charge in [0.15, 0.2) is 0 Å². The number of hydrogen-bond donors (Lipinski definition) is 0. The fraction of sp³-hybridized carbons (Fsp3) is 0.300. The molecule has 0 aliphatic heterocycles. The minimum absolute atomic E-state index is 0.935. The summed E-state index contributed by atoms with van der Waals surface area (Å²) >= 11 is 0. The molecule has 2 nitrogen and oxygen atoms in total. The summed E-state index contributed by atoms with van der Waals surface area (Å²) in [4.78, 5) is 0. The van der Waals surface area contributed by atoms with Gasteiger partial charge in [0.1, 0.15) is 5.75 Å². The molecule has 0 fully saturated rings. The lowest BCUT2D eigenvalue weighted by atomic mass is 10.1. The Labute approximate surface area is 132 Å². The van der Waals surface area contributed by atoms with Crippen molar-refractivity contribution >= 4 is 10.9 Å². The van der Waals surface area contributed by atoms with E-state index in [-0.39, 0.29) is 0 Å². The quantitative estimate of drug-likeness (QED) is 0.665. The molecule has 0 N–H and O–H groups in total. The molecule has 1 heterocycles. The van der Waals surface area contributed by atoms with Crippen molar-refractivity contribution in [1.29, 1.82) is 0 Å². The smallest absolute Gasteiger partial charge is 0.122 e. The summed E-state index contributed by atoms with van der Waals surface area (Å²) in [6.45, 7) is 5.26. The maximum atomic E-state index is 5.41. The van der Waals surface area contributed by atoms with E-state index in [0.717, 1.165) is 25.1 Å². The molecule has 0 aliphatic rings. The summed E-state index contributed by atoms with van der Waals surface area (Å²) < 4.78 is 7.78. The highest BCUT2D eigenvalue weighted by Crippen LogP contribution is 2.29. The van der Waals surface area contributed by atoms with E-state index in [0.29, 0.717) is 0 Å². The average molecular weight is 292 g/mol. The Morgan fingerprint density at radius 3 is 2.55 bits per heavy atom. The van der Waals surface area contributed by atoms with E-state index in [4.69, 9.17) is 4.74 Å². The average Bonchev–Trinajstić information content (AvgIpc) is 2.86. The van der Waals surface area contributed by atoms with Gasteiger partial charge in [-0.3, -0.25) is 0 Å². The Kier molecular flexibility index (Phi) is 4.19. The van der Waals surface area contributed by atoms with Gasteiger partial charge in [-0.2, -0.15) is 0 Å². The summed E-state index contributed by atoms with van der Waals surface area (Å²) in [7, 11) is 1.72. The van der Waals surface area contributed by atoms with Crippen LogP contribution in [0.5, 0.6) is 5.75 Å². The van der Waals surface area contributed by atoms with Gasteiger partial charge in [-0.15, -0.1) is 0 Å². The molecule has 1 aromatic heterocycles. The monoisotopic (exact) mass is 292 g/mol. The highest BCUT2D eigenvalue weighted by molar-refractivity contribution is 5.86. The maximum absolute atomic E-state index is 5.41. The molecule has 0 unspecified atom stereocenters. The molecule has 0 atom stereocenters. The van der Waals surface area contributed by atoms with E-state index < -0.39 is 0 Å². The van der Waals surface area contributed by atoms with Gasteiger partial charge >= 0.3 is 0 Å². The third-order valence-electron chi connectivity index (χ3n) is 4.30. The van der Waals surface area contributed by atoms with Gasteiger partial charge in [0.2, 0.25) is 0 Å². The second-order valence-electron chi connectivity index (χ2n) is 5.74. The minimum Gasteiger partial charge on any atom is -0.496 e. The van der Waals surface area contributed by atoms with E-state index in [1.165, 1.54) is 27.7 Å². The molecule has 3 rings (SSSR count). The van der Waals surface area contributed by atoms with E-state index in [9.17, 15) is 0 Å². The number of rotatable bonds is 5. The van der Waals surface area contributed by atoms with Crippen molar-refractivity contribution in [1.82, 2.24) is 4.57 Å². The first-order chi connectivity index (χ1) is 10.7. The molecule has 2 heteroatoms. The zero-order valence-electron chi connectivity index (χ0n) is 13.5. The molecule has 0 saturated heterocycles. The topological polar surface area (TPSA) is 14.2 Å².